The van der Waals surface area contributed by atoms with Crippen molar-refractivity contribution in [1.82, 2.24) is 0 Å². The summed E-state index contributed by atoms with van der Waals surface area (Å²) in [6.45, 7) is 6.21. The van der Waals surface area contributed by atoms with Crippen molar-refractivity contribution in [3.63, 3.8) is 0 Å². The van der Waals surface area contributed by atoms with Gasteiger partial charge in [0.05, 0.1) is 12.8 Å². The highest BCUT2D eigenvalue weighted by Gasteiger charge is 2.61. The van der Waals surface area contributed by atoms with Gasteiger partial charge in [-0.15, -0.1) is 0 Å². The van der Waals surface area contributed by atoms with Crippen LogP contribution in [-0.2, 0) is 23.9 Å². The van der Waals surface area contributed by atoms with Gasteiger partial charge in [-0.05, 0) is 85.7 Å². The van der Waals surface area contributed by atoms with Gasteiger partial charge < -0.3 is 9.84 Å². The summed E-state index contributed by atoms with van der Waals surface area (Å²) in [4.78, 5) is 47.9. The predicted octanol–water partition coefficient (Wildman–Crippen LogP) is 4.11. The summed E-state index contributed by atoms with van der Waals surface area (Å²) < 4.78 is 5.84. The number of hydrogen-bond acceptors (Lipinski definition) is 5. The van der Waals surface area contributed by atoms with Gasteiger partial charge in [0.15, 0.2) is 5.78 Å². The molecule has 0 bridgehead atoms. The van der Waals surface area contributed by atoms with Gasteiger partial charge in [-0.3, -0.25) is 19.2 Å². The van der Waals surface area contributed by atoms with Crippen molar-refractivity contribution in [2.24, 2.45) is 34.5 Å². The predicted molar refractivity (Wildman–Crippen MR) is 113 cm³/mol. The second-order valence-corrected chi connectivity index (χ2v) is 10.8. The lowest BCUT2D eigenvalue weighted by Crippen LogP contribution is -2.54. The minimum atomic E-state index is -1.03. The molecular formula is C25H34O6. The molecule has 3 fully saturated rings. The summed E-state index contributed by atoms with van der Waals surface area (Å²) in [6.07, 6.45) is 6.78. The lowest BCUT2D eigenvalue weighted by atomic mass is 9.46. The molecule has 0 aromatic heterocycles. The van der Waals surface area contributed by atoms with Crippen LogP contribution in [0.3, 0.4) is 0 Å². The molecule has 31 heavy (non-hydrogen) atoms. The van der Waals surface area contributed by atoms with Crippen LogP contribution in [0, 0.1) is 34.5 Å². The van der Waals surface area contributed by atoms with E-state index in [4.69, 9.17) is 9.84 Å². The van der Waals surface area contributed by atoms with E-state index in [0.29, 0.717) is 30.6 Å². The van der Waals surface area contributed by atoms with Gasteiger partial charge in [0.1, 0.15) is 11.9 Å². The molecule has 4 aliphatic carbocycles. The van der Waals surface area contributed by atoms with Gasteiger partial charge in [-0.2, -0.15) is 0 Å². The first kappa shape index (κ1) is 22.2. The Morgan fingerprint density at radius 1 is 1.10 bits per heavy atom. The number of esters is 1. The van der Waals surface area contributed by atoms with E-state index in [0.717, 1.165) is 37.7 Å². The van der Waals surface area contributed by atoms with E-state index in [1.807, 2.05) is 0 Å². The van der Waals surface area contributed by atoms with Crippen molar-refractivity contribution in [2.45, 2.75) is 84.7 Å². The molecule has 0 amide bonds. The van der Waals surface area contributed by atoms with E-state index in [1.165, 1.54) is 0 Å². The molecule has 0 aliphatic heterocycles. The van der Waals surface area contributed by atoms with Gasteiger partial charge in [0, 0.05) is 12.3 Å². The van der Waals surface area contributed by atoms with E-state index >= 15 is 0 Å². The fourth-order valence-electron chi connectivity index (χ4n) is 7.79. The number of ether oxygens (including phenoxy) is 1. The van der Waals surface area contributed by atoms with E-state index in [1.54, 1.807) is 13.0 Å². The smallest absolute Gasteiger partial charge is 0.306 e. The Morgan fingerprint density at radius 2 is 1.84 bits per heavy atom. The highest BCUT2D eigenvalue weighted by molar-refractivity contribution is 5.92. The summed E-state index contributed by atoms with van der Waals surface area (Å²) >= 11 is 0. The minimum absolute atomic E-state index is 0.00701. The second-order valence-electron chi connectivity index (χ2n) is 10.8. The minimum Gasteiger partial charge on any atom is -0.481 e. The normalized spacial score (nSPS) is 41.5. The largest absolute Gasteiger partial charge is 0.481 e. The molecule has 0 aromatic carbocycles. The molecule has 1 N–H and O–H groups in total. The average molecular weight is 431 g/mol. The Morgan fingerprint density at radius 3 is 2.52 bits per heavy atom. The Kier molecular flexibility index (Phi) is 5.63. The van der Waals surface area contributed by atoms with Crippen LogP contribution in [0.4, 0.5) is 0 Å². The first-order chi connectivity index (χ1) is 14.6. The van der Waals surface area contributed by atoms with Gasteiger partial charge in [0.2, 0.25) is 0 Å². The van der Waals surface area contributed by atoms with E-state index in [9.17, 15) is 19.2 Å². The summed E-state index contributed by atoms with van der Waals surface area (Å²) in [7, 11) is 0. The number of carboxylic acid groups (broad SMARTS) is 1. The monoisotopic (exact) mass is 430 g/mol. The Bertz CT molecular complexity index is 843. The summed E-state index contributed by atoms with van der Waals surface area (Å²) in [5, 5.41) is 8.90. The van der Waals surface area contributed by atoms with E-state index in [2.05, 4.69) is 13.8 Å². The molecule has 0 heterocycles. The van der Waals surface area contributed by atoms with Gasteiger partial charge in [0.25, 0.3) is 0 Å². The van der Waals surface area contributed by atoms with Crippen molar-refractivity contribution in [3.05, 3.63) is 11.6 Å². The van der Waals surface area contributed by atoms with Crippen LogP contribution in [0.1, 0.15) is 78.6 Å². The summed E-state index contributed by atoms with van der Waals surface area (Å²) in [5.74, 6) is 0.103. The molecule has 6 heteroatoms. The van der Waals surface area contributed by atoms with Crippen molar-refractivity contribution in [3.8, 4) is 0 Å². The molecule has 0 radical (unpaired) electrons. The number of ketones is 2. The van der Waals surface area contributed by atoms with Gasteiger partial charge >= 0.3 is 11.9 Å². The third-order valence-corrected chi connectivity index (χ3v) is 9.26. The van der Waals surface area contributed by atoms with Crippen LogP contribution >= 0.6 is 0 Å². The van der Waals surface area contributed by atoms with Crippen molar-refractivity contribution < 1.29 is 29.0 Å². The SMILES string of the molecule is CC(=O)[C@H]1CCC2C3C[C@H](OC(=O)CCC(=O)O)C4=CC(=O)CC[C@]4(C)C3CC[C@@]21C. The highest BCUT2D eigenvalue weighted by Crippen LogP contribution is 2.67. The van der Waals surface area contributed by atoms with Crippen molar-refractivity contribution >= 4 is 23.5 Å². The fourth-order valence-corrected chi connectivity index (χ4v) is 7.79. The van der Waals surface area contributed by atoms with E-state index in [-0.39, 0.29) is 41.2 Å². The number of rotatable bonds is 5. The Balaban J connectivity index is 1.65. The van der Waals surface area contributed by atoms with Gasteiger partial charge in [-0.1, -0.05) is 13.8 Å². The Hall–Kier alpha value is -1.98. The number of carbonyl (C=O) groups excluding carboxylic acids is 3. The highest BCUT2D eigenvalue weighted by atomic mass is 16.5. The number of carbonyl (C=O) groups is 4. The van der Waals surface area contributed by atoms with Crippen LogP contribution in [0.2, 0.25) is 0 Å². The lowest BCUT2D eigenvalue weighted by Gasteiger charge is -2.59. The fraction of sp³-hybridized carbons (Fsp3) is 0.760. The number of aliphatic carboxylic acids is 1. The summed E-state index contributed by atoms with van der Waals surface area (Å²) in [6, 6.07) is 0. The maximum Gasteiger partial charge on any atom is 0.306 e. The molecule has 3 saturated carbocycles. The first-order valence-electron chi connectivity index (χ1n) is 11.7. The lowest BCUT2D eigenvalue weighted by molar-refractivity contribution is -0.157. The molecule has 0 saturated heterocycles. The standard InChI is InChI=1S/C25H34O6/c1-14(26)17-4-5-18-16-13-21(31-23(30)7-6-22(28)29)20-12-15(27)8-10-25(20,3)19(16)9-11-24(17,18)2/h12,16-19,21H,4-11,13H2,1-3H3,(H,28,29)/t16?,17-,18?,19?,21+,24-,25-/m1/s1. The molecule has 0 spiro atoms. The summed E-state index contributed by atoms with van der Waals surface area (Å²) in [5.41, 5.74) is 0.732. The third-order valence-electron chi connectivity index (χ3n) is 9.26. The van der Waals surface area contributed by atoms with Crippen LogP contribution in [0.5, 0.6) is 0 Å². The molecule has 4 aliphatic rings. The molecule has 170 valence electrons. The second kappa shape index (κ2) is 7.86. The van der Waals surface area contributed by atoms with Crippen molar-refractivity contribution in [2.75, 3.05) is 0 Å². The van der Waals surface area contributed by atoms with Crippen LogP contribution in [-0.4, -0.2) is 34.7 Å². The third kappa shape index (κ3) is 3.66. The Labute approximate surface area is 183 Å². The quantitative estimate of drug-likeness (QED) is 0.659. The average Bonchev–Trinajstić information content (AvgIpc) is 3.05. The number of hydrogen-bond donors (Lipinski definition) is 1. The number of carboxylic acids is 1. The maximum atomic E-state index is 12.4. The zero-order chi connectivity index (χ0) is 22.6. The van der Waals surface area contributed by atoms with Gasteiger partial charge in [-0.25, -0.2) is 0 Å². The zero-order valence-corrected chi connectivity index (χ0v) is 18.8. The molecule has 4 rings (SSSR count). The van der Waals surface area contributed by atoms with Crippen molar-refractivity contribution in [1.29, 1.82) is 0 Å². The molecule has 7 atom stereocenters. The molecule has 6 nitrogen and oxygen atoms in total. The first-order valence-corrected chi connectivity index (χ1v) is 11.7. The van der Waals surface area contributed by atoms with E-state index < -0.39 is 18.0 Å². The van der Waals surface area contributed by atoms with Crippen LogP contribution in [0.15, 0.2) is 11.6 Å². The van der Waals surface area contributed by atoms with Crippen LogP contribution < -0.4 is 0 Å². The molecular weight excluding hydrogens is 396 g/mol. The molecule has 3 unspecified atom stereocenters. The van der Waals surface area contributed by atoms with Crippen LogP contribution in [0.25, 0.3) is 0 Å². The molecule has 0 aromatic rings. The topological polar surface area (TPSA) is 97.7 Å². The zero-order valence-electron chi connectivity index (χ0n) is 18.8. The number of Topliss-reactive ketones (excluding diaryl/α,β-unsaturated/α-hetero) is 1. The number of fused-ring (bicyclic) bond motifs is 5. The maximum absolute atomic E-state index is 12.4.